The number of halogens is 2. The van der Waals surface area contributed by atoms with E-state index in [-0.39, 0.29) is 23.9 Å². The van der Waals surface area contributed by atoms with Crippen molar-refractivity contribution < 1.29 is 18.8 Å². The zero-order valence-electron chi connectivity index (χ0n) is 11.0. The molecule has 0 unspecified atom stereocenters. The Morgan fingerprint density at radius 3 is 2.62 bits per heavy atom. The van der Waals surface area contributed by atoms with Crippen molar-refractivity contribution in [3.63, 3.8) is 0 Å². The van der Waals surface area contributed by atoms with Crippen LogP contribution in [0.4, 0.5) is 10.1 Å². The molecule has 0 aliphatic carbocycles. The fourth-order valence-corrected chi connectivity index (χ4v) is 2.26. The van der Waals surface area contributed by atoms with Crippen molar-refractivity contribution in [1.82, 2.24) is 0 Å². The first-order valence-electron chi connectivity index (χ1n) is 5.90. The Morgan fingerprint density at radius 2 is 2.00 bits per heavy atom. The molecular formula is C14H11BrFNO4. The van der Waals surface area contributed by atoms with Crippen molar-refractivity contribution in [2.45, 2.75) is 6.61 Å². The van der Waals surface area contributed by atoms with E-state index in [0.717, 1.165) is 0 Å². The second-order valence-corrected chi connectivity index (χ2v) is 5.07. The molecule has 0 heterocycles. The molecule has 0 spiro atoms. The lowest BCUT2D eigenvalue weighted by molar-refractivity contribution is -0.385. The van der Waals surface area contributed by atoms with E-state index in [9.17, 15) is 14.5 Å². The molecule has 21 heavy (non-hydrogen) atoms. The number of nitro benzene ring substituents is 1. The fourth-order valence-electron chi connectivity index (χ4n) is 1.74. The van der Waals surface area contributed by atoms with Crippen molar-refractivity contribution in [2.75, 3.05) is 7.11 Å². The van der Waals surface area contributed by atoms with Gasteiger partial charge >= 0.3 is 0 Å². The monoisotopic (exact) mass is 355 g/mol. The molecule has 0 bridgehead atoms. The molecule has 0 fully saturated rings. The van der Waals surface area contributed by atoms with Gasteiger partial charge in [0.2, 0.25) is 0 Å². The molecule has 0 aliphatic rings. The van der Waals surface area contributed by atoms with Crippen LogP contribution in [0.3, 0.4) is 0 Å². The van der Waals surface area contributed by atoms with Crippen LogP contribution in [0, 0.1) is 15.9 Å². The predicted molar refractivity (Wildman–Crippen MR) is 78.1 cm³/mol. The van der Waals surface area contributed by atoms with Crippen LogP contribution >= 0.6 is 15.9 Å². The van der Waals surface area contributed by atoms with E-state index in [1.165, 1.54) is 37.4 Å². The molecule has 0 amide bonds. The van der Waals surface area contributed by atoms with Crippen LogP contribution in [0.2, 0.25) is 0 Å². The summed E-state index contributed by atoms with van der Waals surface area (Å²) in [6, 6.07) is 8.46. The standard InChI is InChI=1S/C14H11BrFNO4/c1-20-14-7-12(17(18)19)2-3-13(14)21-8-9-4-10(15)6-11(16)5-9/h2-7H,8H2,1H3. The Morgan fingerprint density at radius 1 is 1.24 bits per heavy atom. The van der Waals surface area contributed by atoms with E-state index in [1.807, 2.05) is 0 Å². The zero-order chi connectivity index (χ0) is 15.4. The van der Waals surface area contributed by atoms with Crippen molar-refractivity contribution in [1.29, 1.82) is 0 Å². The van der Waals surface area contributed by atoms with Crippen LogP contribution in [-0.4, -0.2) is 12.0 Å². The Bertz CT molecular complexity index is 658. The van der Waals surface area contributed by atoms with Crippen molar-refractivity contribution >= 4 is 21.6 Å². The number of rotatable bonds is 5. The molecule has 0 saturated heterocycles. The summed E-state index contributed by atoms with van der Waals surface area (Å²) in [7, 11) is 1.39. The minimum absolute atomic E-state index is 0.0901. The molecule has 2 rings (SSSR count). The van der Waals surface area contributed by atoms with E-state index in [4.69, 9.17) is 9.47 Å². The van der Waals surface area contributed by atoms with Gasteiger partial charge in [-0.2, -0.15) is 0 Å². The third-order valence-electron chi connectivity index (χ3n) is 2.67. The van der Waals surface area contributed by atoms with E-state index < -0.39 is 4.92 Å². The summed E-state index contributed by atoms with van der Waals surface area (Å²) in [5, 5.41) is 10.7. The van der Waals surface area contributed by atoms with Gasteiger partial charge in [0.15, 0.2) is 11.5 Å². The molecular weight excluding hydrogens is 345 g/mol. The van der Waals surface area contributed by atoms with Gasteiger partial charge in [0, 0.05) is 10.5 Å². The molecule has 7 heteroatoms. The van der Waals surface area contributed by atoms with Crippen LogP contribution in [0.1, 0.15) is 5.56 Å². The maximum Gasteiger partial charge on any atom is 0.273 e. The number of non-ortho nitro benzene ring substituents is 1. The molecule has 0 saturated carbocycles. The van der Waals surface area contributed by atoms with Crippen molar-refractivity contribution in [3.8, 4) is 11.5 Å². The minimum atomic E-state index is -0.518. The number of nitro groups is 1. The maximum atomic E-state index is 13.3. The quantitative estimate of drug-likeness (QED) is 0.598. The highest BCUT2D eigenvalue weighted by atomic mass is 79.9. The highest BCUT2D eigenvalue weighted by Gasteiger charge is 2.12. The van der Waals surface area contributed by atoms with Crippen LogP contribution in [-0.2, 0) is 6.61 Å². The Balaban J connectivity index is 2.17. The summed E-state index contributed by atoms with van der Waals surface area (Å²) in [6.07, 6.45) is 0. The van der Waals surface area contributed by atoms with Crippen LogP contribution < -0.4 is 9.47 Å². The average Bonchev–Trinajstić information content (AvgIpc) is 2.43. The van der Waals surface area contributed by atoms with Gasteiger partial charge in [-0.1, -0.05) is 15.9 Å². The largest absolute Gasteiger partial charge is 0.493 e. The lowest BCUT2D eigenvalue weighted by Crippen LogP contribution is -1.99. The smallest absolute Gasteiger partial charge is 0.273 e. The molecule has 0 aliphatic heterocycles. The van der Waals surface area contributed by atoms with Gasteiger partial charge in [-0.25, -0.2) is 4.39 Å². The van der Waals surface area contributed by atoms with E-state index in [0.29, 0.717) is 15.8 Å². The third kappa shape index (κ3) is 3.91. The second-order valence-electron chi connectivity index (χ2n) is 4.16. The first kappa shape index (κ1) is 15.2. The van der Waals surface area contributed by atoms with Gasteiger partial charge in [-0.05, 0) is 29.8 Å². The average molecular weight is 356 g/mol. The van der Waals surface area contributed by atoms with Gasteiger partial charge in [0.25, 0.3) is 5.69 Å². The Labute approximate surface area is 128 Å². The van der Waals surface area contributed by atoms with Crippen LogP contribution in [0.5, 0.6) is 11.5 Å². The molecule has 0 atom stereocenters. The van der Waals surface area contributed by atoms with Crippen molar-refractivity contribution in [2.24, 2.45) is 0 Å². The Kier molecular flexibility index (Phi) is 4.74. The number of benzene rings is 2. The van der Waals surface area contributed by atoms with E-state index in [1.54, 1.807) is 6.07 Å². The van der Waals surface area contributed by atoms with E-state index in [2.05, 4.69) is 15.9 Å². The molecule has 0 N–H and O–H groups in total. The van der Waals surface area contributed by atoms with Crippen LogP contribution in [0.15, 0.2) is 40.9 Å². The topological polar surface area (TPSA) is 61.6 Å². The third-order valence-corrected chi connectivity index (χ3v) is 3.13. The number of hydrogen-bond donors (Lipinski definition) is 0. The van der Waals surface area contributed by atoms with Gasteiger partial charge in [-0.3, -0.25) is 10.1 Å². The highest BCUT2D eigenvalue weighted by molar-refractivity contribution is 9.10. The normalized spacial score (nSPS) is 10.2. The summed E-state index contributed by atoms with van der Waals surface area (Å²) in [4.78, 5) is 10.2. The SMILES string of the molecule is COc1cc([N+](=O)[O-])ccc1OCc1cc(F)cc(Br)c1. The summed E-state index contributed by atoms with van der Waals surface area (Å²) in [5.41, 5.74) is 0.537. The molecule has 0 radical (unpaired) electrons. The summed E-state index contributed by atoms with van der Waals surface area (Å²) >= 11 is 3.20. The molecule has 2 aromatic carbocycles. The van der Waals surface area contributed by atoms with E-state index >= 15 is 0 Å². The molecule has 110 valence electrons. The van der Waals surface area contributed by atoms with Gasteiger partial charge in [0.05, 0.1) is 18.1 Å². The number of nitrogens with zero attached hydrogens (tertiary/aromatic N) is 1. The first-order valence-corrected chi connectivity index (χ1v) is 6.69. The minimum Gasteiger partial charge on any atom is -0.493 e. The lowest BCUT2D eigenvalue weighted by Gasteiger charge is -2.10. The Hall–Kier alpha value is -2.15. The first-order chi connectivity index (χ1) is 9.99. The summed E-state index contributed by atoms with van der Waals surface area (Å²) < 4.78 is 24.4. The van der Waals surface area contributed by atoms with Crippen LogP contribution in [0.25, 0.3) is 0 Å². The maximum absolute atomic E-state index is 13.3. The van der Waals surface area contributed by atoms with Gasteiger partial charge in [-0.15, -0.1) is 0 Å². The summed E-state index contributed by atoms with van der Waals surface area (Å²) in [5.74, 6) is 0.224. The molecule has 2 aromatic rings. The zero-order valence-corrected chi connectivity index (χ0v) is 12.6. The predicted octanol–water partition coefficient (Wildman–Crippen LogP) is 4.08. The fraction of sp³-hybridized carbons (Fsp3) is 0.143. The van der Waals surface area contributed by atoms with Gasteiger partial charge in [0.1, 0.15) is 12.4 Å². The number of hydrogen-bond acceptors (Lipinski definition) is 4. The molecule has 5 nitrogen and oxygen atoms in total. The van der Waals surface area contributed by atoms with Crippen molar-refractivity contribution in [3.05, 3.63) is 62.4 Å². The molecule has 0 aromatic heterocycles. The highest BCUT2D eigenvalue weighted by Crippen LogP contribution is 2.31. The number of ether oxygens (including phenoxy) is 2. The van der Waals surface area contributed by atoms with Gasteiger partial charge < -0.3 is 9.47 Å². The lowest BCUT2D eigenvalue weighted by atomic mass is 10.2. The number of methoxy groups -OCH3 is 1. The second kappa shape index (κ2) is 6.53. The summed E-state index contributed by atoms with van der Waals surface area (Å²) in [6.45, 7) is 0.116.